The van der Waals surface area contributed by atoms with Gasteiger partial charge in [0.25, 0.3) is 0 Å². The molecule has 3 heterocycles. The van der Waals surface area contributed by atoms with E-state index >= 15 is 0 Å². The summed E-state index contributed by atoms with van der Waals surface area (Å²) in [5.41, 5.74) is 10.5. The molecule has 1 atom stereocenters. The second-order valence-electron chi connectivity index (χ2n) is 15.5. The predicted molar refractivity (Wildman–Crippen MR) is 244 cm³/mol. The first-order chi connectivity index (χ1) is 28.7. The number of pyridine rings is 3. The second kappa shape index (κ2) is 13.0. The quantitative estimate of drug-likeness (QED) is 0.169. The van der Waals surface area contributed by atoms with Crippen LogP contribution in [-0.4, -0.2) is 15.0 Å². The van der Waals surface area contributed by atoms with Gasteiger partial charge in [-0.25, -0.2) is 15.0 Å². The Morgan fingerprint density at radius 2 is 0.966 bits per heavy atom. The maximum absolute atomic E-state index is 5.56. The topological polar surface area (TPSA) is 38.7 Å². The van der Waals surface area contributed by atoms with Gasteiger partial charge in [0.15, 0.2) is 0 Å². The molecule has 0 N–H and O–H groups in total. The number of aromatic nitrogens is 3. The number of fused-ring (bicyclic) bond motifs is 12. The van der Waals surface area contributed by atoms with Crippen LogP contribution in [0.4, 0.5) is 0 Å². The van der Waals surface area contributed by atoms with E-state index in [1.807, 2.05) is 6.07 Å². The van der Waals surface area contributed by atoms with Crippen LogP contribution in [0.15, 0.2) is 194 Å². The maximum atomic E-state index is 5.56. The van der Waals surface area contributed by atoms with Gasteiger partial charge >= 0.3 is 0 Å². The summed E-state index contributed by atoms with van der Waals surface area (Å²) in [4.78, 5) is 16.0. The predicted octanol–water partition coefficient (Wildman–Crippen LogP) is 14.4. The summed E-state index contributed by atoms with van der Waals surface area (Å²) in [6, 6.07) is 63.1. The zero-order chi connectivity index (χ0) is 38.2. The zero-order valence-corrected chi connectivity index (χ0v) is 31.6. The van der Waals surface area contributed by atoms with E-state index in [4.69, 9.17) is 15.0 Å². The van der Waals surface area contributed by atoms with E-state index in [1.54, 1.807) is 0 Å². The number of allylic oxidation sites excluding steroid dienone is 4. The molecular weight excluding hydrogens is 703 g/mol. The van der Waals surface area contributed by atoms with Crippen LogP contribution in [0.3, 0.4) is 0 Å². The monoisotopic (exact) mass is 737 g/mol. The fourth-order valence-corrected chi connectivity index (χ4v) is 9.24. The van der Waals surface area contributed by atoms with E-state index < -0.39 is 0 Å². The highest BCUT2D eigenvalue weighted by molar-refractivity contribution is 6.31. The van der Waals surface area contributed by atoms with Crippen molar-refractivity contribution >= 4 is 81.4 Å². The second-order valence-corrected chi connectivity index (χ2v) is 15.5. The van der Waals surface area contributed by atoms with E-state index in [1.165, 1.54) is 54.0 Å². The number of rotatable bonds is 4. The lowest BCUT2D eigenvalue weighted by molar-refractivity contribution is 0.858. The molecule has 0 radical (unpaired) electrons. The average molecular weight is 738 g/mol. The number of benzene rings is 8. The Bertz CT molecular complexity index is 3540. The van der Waals surface area contributed by atoms with Crippen molar-refractivity contribution in [1.29, 1.82) is 0 Å². The van der Waals surface area contributed by atoms with Gasteiger partial charge in [0, 0.05) is 44.0 Å². The van der Waals surface area contributed by atoms with Crippen LogP contribution in [0.1, 0.15) is 23.6 Å². The third-order valence-electron chi connectivity index (χ3n) is 12.1. The van der Waals surface area contributed by atoms with Crippen molar-refractivity contribution in [2.75, 3.05) is 0 Å². The molecule has 11 aromatic rings. The fraction of sp³-hybridized carbons (Fsp3) is 0.0364. The molecule has 1 unspecified atom stereocenters. The molecule has 3 nitrogen and oxygen atoms in total. The van der Waals surface area contributed by atoms with Crippen molar-refractivity contribution in [3.05, 3.63) is 205 Å². The highest BCUT2D eigenvalue weighted by atomic mass is 14.8. The lowest BCUT2D eigenvalue weighted by atomic mass is 9.86. The van der Waals surface area contributed by atoms with Crippen LogP contribution in [-0.2, 0) is 0 Å². The summed E-state index contributed by atoms with van der Waals surface area (Å²) >= 11 is 0. The zero-order valence-electron chi connectivity index (χ0n) is 31.6. The van der Waals surface area contributed by atoms with Gasteiger partial charge in [0.1, 0.15) is 0 Å². The summed E-state index contributed by atoms with van der Waals surface area (Å²) in [7, 11) is 0. The molecule has 1 aliphatic carbocycles. The van der Waals surface area contributed by atoms with Crippen molar-refractivity contribution in [2.45, 2.75) is 12.3 Å². The highest BCUT2D eigenvalue weighted by Crippen LogP contribution is 2.42. The standard InChI is InChI=1S/C55H35N3/c1-2-11-35(12-3-1)49-29-27-36-23-24-37-28-30-50(57-54(37)53(36)56-49)40-26-22-34-21-25-39(32-42(34)33-40)38-13-10-14-41(31-38)52-48-20-9-7-18-46(48)51-45-17-6-4-15-43(45)44-16-5-8-19-47(44)55(51)58-52/h1-12,14-33,38H,13H2. The smallest absolute Gasteiger partial charge is 0.0972 e. The molecule has 0 bridgehead atoms. The summed E-state index contributed by atoms with van der Waals surface area (Å²) < 4.78 is 0. The van der Waals surface area contributed by atoms with Crippen molar-refractivity contribution in [1.82, 2.24) is 15.0 Å². The summed E-state index contributed by atoms with van der Waals surface area (Å²) in [6.45, 7) is 0. The molecule has 1 aliphatic rings. The molecule has 8 aromatic carbocycles. The minimum Gasteiger partial charge on any atom is -0.246 e. The van der Waals surface area contributed by atoms with Crippen molar-refractivity contribution in [3.8, 4) is 22.5 Å². The number of hydrogen-bond acceptors (Lipinski definition) is 3. The molecule has 0 fully saturated rings. The molecule has 3 heteroatoms. The van der Waals surface area contributed by atoms with E-state index in [9.17, 15) is 0 Å². The lowest BCUT2D eigenvalue weighted by Crippen LogP contribution is -2.02. The van der Waals surface area contributed by atoms with E-state index in [0.717, 1.165) is 67.5 Å². The van der Waals surface area contributed by atoms with Crippen molar-refractivity contribution < 1.29 is 0 Å². The van der Waals surface area contributed by atoms with Crippen LogP contribution in [0.2, 0.25) is 0 Å². The largest absolute Gasteiger partial charge is 0.246 e. The van der Waals surface area contributed by atoms with Gasteiger partial charge in [-0.2, -0.15) is 0 Å². The van der Waals surface area contributed by atoms with Crippen LogP contribution in [0.5, 0.6) is 0 Å². The first-order valence-corrected chi connectivity index (χ1v) is 20.0. The Morgan fingerprint density at radius 3 is 1.71 bits per heavy atom. The summed E-state index contributed by atoms with van der Waals surface area (Å²) in [6.07, 6.45) is 7.96. The molecule has 0 spiro atoms. The Morgan fingerprint density at radius 1 is 0.397 bits per heavy atom. The fourth-order valence-electron chi connectivity index (χ4n) is 9.24. The van der Waals surface area contributed by atoms with Gasteiger partial charge in [-0.05, 0) is 68.1 Å². The molecule has 0 amide bonds. The van der Waals surface area contributed by atoms with Gasteiger partial charge in [-0.1, -0.05) is 176 Å². The molecule has 0 saturated heterocycles. The van der Waals surface area contributed by atoms with E-state index in [2.05, 4.69) is 188 Å². The van der Waals surface area contributed by atoms with Gasteiger partial charge < -0.3 is 0 Å². The lowest BCUT2D eigenvalue weighted by Gasteiger charge is -2.20. The van der Waals surface area contributed by atoms with Crippen LogP contribution in [0.25, 0.3) is 104 Å². The molecular formula is C55H35N3. The van der Waals surface area contributed by atoms with E-state index in [0.29, 0.717) is 0 Å². The van der Waals surface area contributed by atoms with Gasteiger partial charge in [0.05, 0.1) is 33.6 Å². The normalized spacial score (nSPS) is 14.3. The molecule has 12 rings (SSSR count). The molecule has 58 heavy (non-hydrogen) atoms. The third kappa shape index (κ3) is 5.24. The first kappa shape index (κ1) is 32.7. The Hall–Kier alpha value is -7.49. The Balaban J connectivity index is 0.954. The number of hydrogen-bond donors (Lipinski definition) is 0. The summed E-state index contributed by atoms with van der Waals surface area (Å²) in [5, 5.41) is 13.2. The van der Waals surface area contributed by atoms with Gasteiger partial charge in [-0.15, -0.1) is 0 Å². The third-order valence-corrected chi connectivity index (χ3v) is 12.1. The van der Waals surface area contributed by atoms with E-state index in [-0.39, 0.29) is 5.92 Å². The molecule has 3 aromatic heterocycles. The Labute approximate surface area is 335 Å². The van der Waals surface area contributed by atoms with Crippen LogP contribution >= 0.6 is 0 Å². The van der Waals surface area contributed by atoms with Gasteiger partial charge in [0.2, 0.25) is 0 Å². The molecule has 0 aliphatic heterocycles. The van der Waals surface area contributed by atoms with Crippen molar-refractivity contribution in [2.24, 2.45) is 0 Å². The Kier molecular flexibility index (Phi) is 7.36. The minimum atomic E-state index is 0.215. The average Bonchev–Trinajstić information content (AvgIpc) is 3.30. The highest BCUT2D eigenvalue weighted by Gasteiger charge is 2.20. The molecule has 0 saturated carbocycles. The van der Waals surface area contributed by atoms with Crippen LogP contribution in [0, 0.1) is 0 Å². The van der Waals surface area contributed by atoms with Crippen LogP contribution < -0.4 is 0 Å². The number of nitrogens with zero attached hydrogens (tertiary/aromatic N) is 3. The molecule has 270 valence electrons. The van der Waals surface area contributed by atoms with Crippen molar-refractivity contribution in [3.63, 3.8) is 0 Å². The maximum Gasteiger partial charge on any atom is 0.0972 e. The minimum absolute atomic E-state index is 0.215. The summed E-state index contributed by atoms with van der Waals surface area (Å²) in [5.74, 6) is 0.215. The van der Waals surface area contributed by atoms with Gasteiger partial charge in [-0.3, -0.25) is 0 Å². The SMILES string of the molecule is C1=CC(c2nc3c4ccccc4c4ccccc4c3c3ccccc23)=CC(c2ccc3ccc(-c4ccc5ccc6ccc(-c7ccccc7)nc6c5n4)cc3c2)C1. The first-order valence-electron chi connectivity index (χ1n) is 20.0.